The zero-order valence-corrected chi connectivity index (χ0v) is 49.2. The molecular weight excluding hydrogens is 1150 g/mol. The van der Waals surface area contributed by atoms with Crippen LogP contribution in [0.2, 0.25) is 0 Å². The predicted octanol–water partition coefficient (Wildman–Crippen LogP) is 10.0. The van der Waals surface area contributed by atoms with Gasteiger partial charge in [-0.2, -0.15) is 0 Å². The van der Waals surface area contributed by atoms with Crippen LogP contribution in [0.4, 0.5) is 0 Å². The number of benzene rings is 8. The van der Waals surface area contributed by atoms with E-state index < -0.39 is 123 Å². The highest BCUT2D eigenvalue weighted by Gasteiger charge is 2.33. The zero-order chi connectivity index (χ0) is 58.7. The van der Waals surface area contributed by atoms with Crippen LogP contribution in [-0.2, 0) is 59.0 Å². The van der Waals surface area contributed by atoms with E-state index in [1.165, 1.54) is 48.5 Å². The normalized spacial score (nSPS) is 12.6. The minimum atomic E-state index is -4.76. The number of ether oxygens (including phenoxy) is 2. The van der Waals surface area contributed by atoms with Gasteiger partial charge in [0, 0.05) is 0 Å². The van der Waals surface area contributed by atoms with Crippen LogP contribution >= 0.6 is 0 Å². The lowest BCUT2D eigenvalue weighted by Crippen LogP contribution is -2.15. The molecule has 0 aliphatic heterocycles. The monoisotopic (exact) mass is 1200 g/mol. The van der Waals surface area contributed by atoms with Crippen molar-refractivity contribution in [2.75, 3.05) is 13.2 Å². The van der Waals surface area contributed by atoms with Gasteiger partial charge in [-0.05, 0) is 221 Å². The molecule has 22 heteroatoms. The maximum Gasteiger partial charge on any atom is 0.210 e. The molecule has 80 heavy (non-hydrogen) atoms. The maximum atomic E-state index is 14.6. The summed E-state index contributed by atoms with van der Waals surface area (Å²) in [6, 6.07) is 28.4. The molecule has 0 amide bonds. The van der Waals surface area contributed by atoms with Crippen molar-refractivity contribution in [1.29, 1.82) is 0 Å². The number of aryl methyl sites for hydroxylation is 8. The van der Waals surface area contributed by atoms with Gasteiger partial charge in [0.05, 0.1) is 39.2 Å². The van der Waals surface area contributed by atoms with E-state index in [0.717, 1.165) is 95.1 Å². The van der Waals surface area contributed by atoms with Crippen LogP contribution in [0.1, 0.15) is 44.5 Å². The van der Waals surface area contributed by atoms with E-state index in [0.29, 0.717) is 22.3 Å². The van der Waals surface area contributed by atoms with Crippen molar-refractivity contribution in [3.63, 3.8) is 0 Å². The van der Waals surface area contributed by atoms with Crippen LogP contribution in [0.25, 0.3) is 0 Å². The molecule has 8 rings (SSSR count). The van der Waals surface area contributed by atoms with Crippen LogP contribution in [0.15, 0.2) is 204 Å². The lowest BCUT2D eigenvalue weighted by atomic mass is 10.1. The van der Waals surface area contributed by atoms with Gasteiger partial charge in [-0.3, -0.25) is 0 Å². The van der Waals surface area contributed by atoms with E-state index >= 15 is 0 Å². The van der Waals surface area contributed by atoms with Crippen LogP contribution in [0.5, 0.6) is 23.0 Å². The number of phenols is 2. The molecule has 418 valence electrons. The second-order valence-corrected chi connectivity index (χ2v) is 30.7. The van der Waals surface area contributed by atoms with Gasteiger partial charge < -0.3 is 19.7 Å². The van der Waals surface area contributed by atoms with E-state index in [2.05, 4.69) is 0 Å². The number of hydrogen-bond acceptors (Lipinski definition) is 16. The number of phenolic OH excluding ortho intramolecular Hbond substituents is 2. The summed E-state index contributed by atoms with van der Waals surface area (Å²) in [5, 5.41) is 21.5. The molecule has 0 spiro atoms. The molecule has 0 atom stereocenters. The Morgan fingerprint density at radius 3 is 0.738 bits per heavy atom. The number of sulfone groups is 6. The summed E-state index contributed by atoms with van der Waals surface area (Å²) in [7, 11) is -27.7. The Kier molecular flexibility index (Phi) is 15.9. The Labute approximate surface area is 466 Å². The lowest BCUT2D eigenvalue weighted by Gasteiger charge is -2.17. The quantitative estimate of drug-likeness (QED) is 0.0803. The van der Waals surface area contributed by atoms with Crippen LogP contribution in [-0.4, -0.2) is 73.9 Å². The first-order valence-corrected chi connectivity index (χ1v) is 33.2. The molecule has 0 bridgehead atoms. The fourth-order valence-corrected chi connectivity index (χ4v) is 17.2. The summed E-state index contributed by atoms with van der Waals surface area (Å²) in [6.45, 7) is 12.8. The summed E-state index contributed by atoms with van der Waals surface area (Å²) in [5.74, 6) is -2.19. The highest BCUT2D eigenvalue weighted by molar-refractivity contribution is 7.93. The highest BCUT2D eigenvalue weighted by Crippen LogP contribution is 2.40. The van der Waals surface area contributed by atoms with Gasteiger partial charge in [0.15, 0.2) is 0 Å². The van der Waals surface area contributed by atoms with Crippen molar-refractivity contribution < 1.29 is 70.2 Å². The number of hydrogen-bond donors (Lipinski definition) is 2. The van der Waals surface area contributed by atoms with E-state index in [-0.39, 0.29) is 31.1 Å². The minimum Gasteiger partial charge on any atom is -0.507 e. The van der Waals surface area contributed by atoms with Gasteiger partial charge in [-0.15, -0.1) is 0 Å². The third-order valence-electron chi connectivity index (χ3n) is 13.8. The van der Waals surface area contributed by atoms with Gasteiger partial charge in [-0.1, -0.05) is 24.3 Å². The summed E-state index contributed by atoms with van der Waals surface area (Å²) >= 11 is 0. The summed E-state index contributed by atoms with van der Waals surface area (Å²) in [6.07, 6.45) is 0. The van der Waals surface area contributed by atoms with Gasteiger partial charge >= 0.3 is 0 Å². The summed E-state index contributed by atoms with van der Waals surface area (Å²) < 4.78 is 183. The first-order valence-electron chi connectivity index (χ1n) is 24.3. The maximum absolute atomic E-state index is 14.6. The smallest absolute Gasteiger partial charge is 0.210 e. The zero-order valence-electron chi connectivity index (χ0n) is 44.3. The summed E-state index contributed by atoms with van der Waals surface area (Å²) in [4.78, 5) is -5.90. The average Bonchev–Trinajstić information content (AvgIpc) is 3.61. The fourth-order valence-electron chi connectivity index (χ4n) is 8.33. The SMILES string of the molecule is Cc1ccc(S(=O)(=O)c2cc(S(=O)(=O)c3ccc(OCCOc4ccc(S(=O)(=O)c5ccc(O)c(S(=O)(=O)c6ccc(C)c(C)c6)c5)cc4S(=O)(=O)c4ccc(C)c(C)c4)c(S(=O)(=O)c4ccc(C)c(C)c4)c3)ccc2O)cc1C. The van der Waals surface area contributed by atoms with Crippen molar-refractivity contribution in [3.8, 4) is 23.0 Å². The molecule has 0 fully saturated rings. The van der Waals surface area contributed by atoms with Crippen LogP contribution < -0.4 is 9.47 Å². The van der Waals surface area contributed by atoms with Crippen molar-refractivity contribution in [3.05, 3.63) is 190 Å². The van der Waals surface area contributed by atoms with E-state index in [1.54, 1.807) is 79.7 Å². The molecule has 0 saturated carbocycles. The Bertz CT molecular complexity index is 4280. The molecule has 0 radical (unpaired) electrons. The Morgan fingerprint density at radius 1 is 0.263 bits per heavy atom. The molecule has 0 heterocycles. The first kappa shape index (κ1) is 58.8. The fraction of sp³-hybridized carbons (Fsp3) is 0.172. The predicted molar refractivity (Wildman–Crippen MR) is 296 cm³/mol. The van der Waals surface area contributed by atoms with Crippen molar-refractivity contribution in [2.24, 2.45) is 0 Å². The molecule has 0 aliphatic carbocycles. The van der Waals surface area contributed by atoms with Crippen LogP contribution in [0, 0.1) is 55.4 Å². The Balaban J connectivity index is 1.15. The summed E-state index contributed by atoms with van der Waals surface area (Å²) in [5.41, 5.74) is 5.53. The largest absolute Gasteiger partial charge is 0.507 e. The van der Waals surface area contributed by atoms with Gasteiger partial charge in [0.2, 0.25) is 59.0 Å². The molecular formula is C58H54O16S6. The molecule has 16 nitrogen and oxygen atoms in total. The molecule has 0 saturated heterocycles. The van der Waals surface area contributed by atoms with E-state index in [9.17, 15) is 60.7 Å². The first-order chi connectivity index (χ1) is 37.3. The number of rotatable bonds is 17. The van der Waals surface area contributed by atoms with Gasteiger partial charge in [-0.25, -0.2) is 50.5 Å². The van der Waals surface area contributed by atoms with Gasteiger partial charge in [0.1, 0.15) is 55.8 Å². The standard InChI is InChI=1S/C58H54O16S6/c1-35-9-13-43(27-39(35)5)77(65,66)55-31-47(17-21-51(55)59)75(61,62)49-19-23-53(57(33-49)79(69,70)45-15-11-37(3)41(7)29-45)73-25-26-74-54-24-20-50(34-58(54)80(71,72)46-16-12-38(4)42(8)30-46)76(63,64)48-18-22-52(60)56(32-48)78(67,68)44-14-10-36(2)40(6)28-44/h9-24,27-34,59-60H,25-26H2,1-8H3. The van der Waals surface area contributed by atoms with Crippen molar-refractivity contribution >= 4 is 59.0 Å². The topological polar surface area (TPSA) is 264 Å². The van der Waals surface area contributed by atoms with E-state index in [4.69, 9.17) is 9.47 Å². The number of aromatic hydroxyl groups is 2. The third-order valence-corrected chi connectivity index (χ3v) is 24.4. The minimum absolute atomic E-state index is 0.202. The molecule has 0 unspecified atom stereocenters. The molecule has 2 N–H and O–H groups in total. The molecule has 0 aromatic heterocycles. The average molecular weight is 1200 g/mol. The Hall–Kier alpha value is -7.34. The van der Waals surface area contributed by atoms with Crippen molar-refractivity contribution in [1.82, 2.24) is 0 Å². The lowest BCUT2D eigenvalue weighted by molar-refractivity contribution is 0.210. The third kappa shape index (κ3) is 11.1. The van der Waals surface area contributed by atoms with Crippen LogP contribution in [0.3, 0.4) is 0 Å². The molecule has 8 aromatic carbocycles. The van der Waals surface area contributed by atoms with Gasteiger partial charge in [0.25, 0.3) is 0 Å². The van der Waals surface area contributed by atoms with Crippen molar-refractivity contribution in [2.45, 2.75) is 114 Å². The van der Waals surface area contributed by atoms with E-state index in [1.807, 2.05) is 0 Å². The second kappa shape index (κ2) is 21.6. The Morgan fingerprint density at radius 2 is 0.475 bits per heavy atom. The second-order valence-electron chi connectivity index (χ2n) is 19.2. The molecule has 8 aromatic rings. The highest BCUT2D eigenvalue weighted by atomic mass is 32.2. The molecule has 0 aliphatic rings.